The van der Waals surface area contributed by atoms with E-state index in [4.69, 9.17) is 10.5 Å². The van der Waals surface area contributed by atoms with Crippen LogP contribution in [0.4, 0.5) is 10.3 Å². The molecule has 0 fully saturated rings. The van der Waals surface area contributed by atoms with Crippen LogP contribution in [0.15, 0.2) is 24.3 Å². The number of aryl methyl sites for hydroxylation is 1. The average Bonchev–Trinajstić information content (AvgIpc) is 2.81. The number of rotatable bonds is 5. The molecular weight excluding hydrogens is 276 g/mol. The summed E-state index contributed by atoms with van der Waals surface area (Å²) in [6, 6.07) is 7.57. The van der Waals surface area contributed by atoms with Crippen molar-refractivity contribution in [1.82, 2.24) is 10.2 Å². The SMILES string of the molecule is CCC(Oc1cccc(C)c1)C(=O)Nc1nnc(N)s1. The van der Waals surface area contributed by atoms with Crippen molar-refractivity contribution in [2.75, 3.05) is 11.1 Å². The number of anilines is 2. The van der Waals surface area contributed by atoms with Gasteiger partial charge in [0, 0.05) is 0 Å². The first-order valence-electron chi connectivity index (χ1n) is 6.21. The van der Waals surface area contributed by atoms with E-state index in [1.165, 1.54) is 0 Å². The topological polar surface area (TPSA) is 90.1 Å². The predicted octanol–water partition coefficient (Wildman–Crippen LogP) is 2.22. The van der Waals surface area contributed by atoms with E-state index < -0.39 is 6.10 Å². The number of ether oxygens (including phenoxy) is 1. The number of carbonyl (C=O) groups excluding carboxylic acids is 1. The zero-order valence-corrected chi connectivity index (χ0v) is 12.1. The van der Waals surface area contributed by atoms with Crippen LogP contribution in [0.5, 0.6) is 5.75 Å². The Kier molecular flexibility index (Phi) is 4.52. The van der Waals surface area contributed by atoms with E-state index in [1.54, 1.807) is 0 Å². The van der Waals surface area contributed by atoms with Crippen molar-refractivity contribution in [1.29, 1.82) is 0 Å². The first-order chi connectivity index (χ1) is 9.58. The van der Waals surface area contributed by atoms with Gasteiger partial charge in [0.05, 0.1) is 0 Å². The number of aromatic nitrogens is 2. The van der Waals surface area contributed by atoms with Crippen LogP contribution in [0, 0.1) is 6.92 Å². The van der Waals surface area contributed by atoms with Gasteiger partial charge in [-0.3, -0.25) is 10.1 Å². The van der Waals surface area contributed by atoms with Crippen molar-refractivity contribution in [2.45, 2.75) is 26.4 Å². The summed E-state index contributed by atoms with van der Waals surface area (Å²) >= 11 is 1.12. The van der Waals surface area contributed by atoms with E-state index >= 15 is 0 Å². The van der Waals surface area contributed by atoms with Gasteiger partial charge in [-0.25, -0.2) is 0 Å². The molecule has 0 aliphatic rings. The van der Waals surface area contributed by atoms with Crippen molar-refractivity contribution in [3.63, 3.8) is 0 Å². The van der Waals surface area contributed by atoms with Crippen LogP contribution in [0.2, 0.25) is 0 Å². The molecule has 1 unspecified atom stereocenters. The molecule has 0 spiro atoms. The quantitative estimate of drug-likeness (QED) is 0.882. The largest absolute Gasteiger partial charge is 0.481 e. The maximum atomic E-state index is 12.1. The van der Waals surface area contributed by atoms with Gasteiger partial charge < -0.3 is 10.5 Å². The van der Waals surface area contributed by atoms with E-state index in [2.05, 4.69) is 15.5 Å². The van der Waals surface area contributed by atoms with Gasteiger partial charge in [-0.1, -0.05) is 30.4 Å². The number of nitrogens with two attached hydrogens (primary N) is 1. The first-order valence-corrected chi connectivity index (χ1v) is 7.03. The molecule has 2 rings (SSSR count). The molecule has 0 radical (unpaired) electrons. The molecule has 106 valence electrons. The highest BCUT2D eigenvalue weighted by Gasteiger charge is 2.19. The highest BCUT2D eigenvalue weighted by Crippen LogP contribution is 2.19. The standard InChI is InChI=1S/C13H16N4O2S/c1-3-10(19-9-6-4-5-8(2)7-9)11(18)15-13-17-16-12(14)20-13/h4-7,10H,3H2,1-2H3,(H2,14,16)(H,15,17,18). The molecule has 1 aromatic carbocycles. The Balaban J connectivity index is 2.02. The number of hydrogen-bond donors (Lipinski definition) is 2. The Morgan fingerprint density at radius 2 is 2.30 bits per heavy atom. The van der Waals surface area contributed by atoms with E-state index in [-0.39, 0.29) is 5.91 Å². The Hall–Kier alpha value is -2.15. The summed E-state index contributed by atoms with van der Waals surface area (Å²) < 4.78 is 5.70. The minimum atomic E-state index is -0.582. The van der Waals surface area contributed by atoms with E-state index in [0.717, 1.165) is 16.9 Å². The summed E-state index contributed by atoms with van der Waals surface area (Å²) in [5.74, 6) is 0.411. The highest BCUT2D eigenvalue weighted by atomic mass is 32.1. The van der Waals surface area contributed by atoms with Crippen molar-refractivity contribution in [3.05, 3.63) is 29.8 Å². The molecule has 7 heteroatoms. The zero-order valence-electron chi connectivity index (χ0n) is 11.3. The van der Waals surface area contributed by atoms with Crippen LogP contribution in [0.25, 0.3) is 0 Å². The third-order valence-electron chi connectivity index (χ3n) is 2.60. The van der Waals surface area contributed by atoms with Gasteiger partial charge in [-0.15, -0.1) is 10.2 Å². The maximum absolute atomic E-state index is 12.1. The van der Waals surface area contributed by atoms with Crippen LogP contribution < -0.4 is 15.8 Å². The molecule has 1 atom stereocenters. The van der Waals surface area contributed by atoms with Gasteiger partial charge in [-0.05, 0) is 31.0 Å². The van der Waals surface area contributed by atoms with Gasteiger partial charge in [0.25, 0.3) is 5.91 Å². The number of carbonyl (C=O) groups is 1. The summed E-state index contributed by atoms with van der Waals surface area (Å²) in [5, 5.41) is 10.7. The summed E-state index contributed by atoms with van der Waals surface area (Å²) in [5.41, 5.74) is 6.54. The average molecular weight is 292 g/mol. The Labute approximate surface area is 121 Å². The number of benzene rings is 1. The van der Waals surface area contributed by atoms with Crippen molar-refractivity contribution >= 4 is 27.5 Å². The molecule has 1 aromatic heterocycles. The molecule has 2 aromatic rings. The lowest BCUT2D eigenvalue weighted by molar-refractivity contribution is -0.122. The number of nitrogen functional groups attached to an aromatic ring is 1. The lowest BCUT2D eigenvalue weighted by Gasteiger charge is -2.16. The minimum Gasteiger partial charge on any atom is -0.481 e. The second-order valence-corrected chi connectivity index (χ2v) is 5.28. The van der Waals surface area contributed by atoms with Gasteiger partial charge in [0.2, 0.25) is 10.3 Å². The van der Waals surface area contributed by atoms with Crippen molar-refractivity contribution < 1.29 is 9.53 Å². The van der Waals surface area contributed by atoms with E-state index in [1.807, 2.05) is 38.1 Å². The Morgan fingerprint density at radius 3 is 2.90 bits per heavy atom. The Bertz CT molecular complexity index is 600. The van der Waals surface area contributed by atoms with Crippen LogP contribution in [-0.4, -0.2) is 22.2 Å². The van der Waals surface area contributed by atoms with Crippen molar-refractivity contribution in [2.24, 2.45) is 0 Å². The summed E-state index contributed by atoms with van der Waals surface area (Å²) in [4.78, 5) is 12.1. The maximum Gasteiger partial charge on any atom is 0.267 e. The molecule has 6 nitrogen and oxygen atoms in total. The lowest BCUT2D eigenvalue weighted by Crippen LogP contribution is -2.32. The fraction of sp³-hybridized carbons (Fsp3) is 0.308. The van der Waals surface area contributed by atoms with Crippen LogP contribution in [0.3, 0.4) is 0 Å². The normalized spacial score (nSPS) is 11.9. The van der Waals surface area contributed by atoms with Crippen LogP contribution >= 0.6 is 11.3 Å². The lowest BCUT2D eigenvalue weighted by atomic mass is 10.2. The molecule has 1 amide bonds. The van der Waals surface area contributed by atoms with Gasteiger partial charge >= 0.3 is 0 Å². The van der Waals surface area contributed by atoms with Crippen LogP contribution in [-0.2, 0) is 4.79 Å². The molecule has 1 heterocycles. The summed E-state index contributed by atoms with van der Waals surface area (Å²) in [6.45, 7) is 3.85. The van der Waals surface area contributed by atoms with Crippen molar-refractivity contribution in [3.8, 4) is 5.75 Å². The Morgan fingerprint density at radius 1 is 1.50 bits per heavy atom. The number of nitrogens with one attached hydrogen (secondary N) is 1. The molecule has 0 aliphatic heterocycles. The number of hydrogen-bond acceptors (Lipinski definition) is 6. The monoisotopic (exact) mass is 292 g/mol. The van der Waals surface area contributed by atoms with E-state index in [9.17, 15) is 4.79 Å². The summed E-state index contributed by atoms with van der Waals surface area (Å²) in [7, 11) is 0. The summed E-state index contributed by atoms with van der Waals surface area (Å²) in [6.07, 6.45) is -0.0319. The molecule has 0 bridgehead atoms. The fourth-order valence-corrected chi connectivity index (χ4v) is 2.16. The predicted molar refractivity (Wildman–Crippen MR) is 78.8 cm³/mol. The minimum absolute atomic E-state index is 0.259. The highest BCUT2D eigenvalue weighted by molar-refractivity contribution is 7.18. The smallest absolute Gasteiger partial charge is 0.267 e. The first kappa shape index (κ1) is 14.3. The third kappa shape index (κ3) is 3.67. The number of amides is 1. The third-order valence-corrected chi connectivity index (χ3v) is 3.27. The van der Waals surface area contributed by atoms with Gasteiger partial charge in [-0.2, -0.15) is 0 Å². The van der Waals surface area contributed by atoms with Gasteiger partial charge in [0.1, 0.15) is 5.75 Å². The van der Waals surface area contributed by atoms with Crippen LogP contribution in [0.1, 0.15) is 18.9 Å². The number of nitrogens with zero attached hydrogens (tertiary/aromatic N) is 2. The zero-order chi connectivity index (χ0) is 14.5. The molecule has 0 saturated carbocycles. The van der Waals surface area contributed by atoms with E-state index in [0.29, 0.717) is 22.4 Å². The fourth-order valence-electron chi connectivity index (χ4n) is 1.65. The molecular formula is C13H16N4O2S. The van der Waals surface area contributed by atoms with Gasteiger partial charge in [0.15, 0.2) is 6.10 Å². The molecule has 0 saturated heterocycles. The second-order valence-electron chi connectivity index (χ2n) is 4.27. The molecule has 3 N–H and O–H groups in total. The molecule has 0 aliphatic carbocycles. The molecule has 20 heavy (non-hydrogen) atoms. The second kappa shape index (κ2) is 6.33.